The third-order valence-corrected chi connectivity index (χ3v) is 6.18. The summed E-state index contributed by atoms with van der Waals surface area (Å²) in [5, 5.41) is 3.11. The van der Waals surface area contributed by atoms with E-state index in [2.05, 4.69) is 12.2 Å². The van der Waals surface area contributed by atoms with Gasteiger partial charge in [0.15, 0.2) is 0 Å². The minimum atomic E-state index is -0.376. The number of anilines is 1. The van der Waals surface area contributed by atoms with E-state index in [1.165, 1.54) is 11.3 Å². The van der Waals surface area contributed by atoms with Crippen LogP contribution in [0.2, 0.25) is 0 Å². The number of fused-ring (bicyclic) bond motifs is 1. The van der Waals surface area contributed by atoms with Crippen LogP contribution in [0.5, 0.6) is 0 Å². The zero-order valence-corrected chi connectivity index (χ0v) is 17.1. The molecule has 1 heterocycles. The molecule has 4 rings (SSSR count). The number of nitrogens with zero attached hydrogens (tertiary/aromatic N) is 1. The zero-order chi connectivity index (χ0) is 20.7. The van der Waals surface area contributed by atoms with E-state index in [0.717, 1.165) is 30.4 Å². The first-order chi connectivity index (χ1) is 13.9. The van der Waals surface area contributed by atoms with Gasteiger partial charge in [-0.2, -0.15) is 0 Å². The fraction of sp³-hybridized carbons (Fsp3) is 0.375. The highest BCUT2D eigenvalue weighted by molar-refractivity contribution is 6.35. The van der Waals surface area contributed by atoms with Gasteiger partial charge in [0.05, 0.1) is 16.8 Å². The standard InChI is InChI=1S/C24H26N2O3/c1-14-8-9-16(3)21(12-14)26-23(28)18-11-10-17(13-19(18)24(26)29)22(27)25-20-7-5-4-6-15(20)2/h8-13,15,20H,4-7H2,1-3H3,(H,25,27)/t15-,20+/m1/s1. The van der Waals surface area contributed by atoms with Crippen LogP contribution < -0.4 is 10.2 Å². The molecule has 1 aliphatic carbocycles. The molecule has 2 atom stereocenters. The topological polar surface area (TPSA) is 66.5 Å². The number of benzene rings is 2. The largest absolute Gasteiger partial charge is 0.349 e. The Morgan fingerprint density at radius 3 is 2.45 bits per heavy atom. The van der Waals surface area contributed by atoms with E-state index in [-0.39, 0.29) is 23.8 Å². The molecule has 1 N–H and O–H groups in total. The average molecular weight is 390 g/mol. The first-order valence-electron chi connectivity index (χ1n) is 10.3. The van der Waals surface area contributed by atoms with Crippen LogP contribution in [0.25, 0.3) is 0 Å². The SMILES string of the molecule is Cc1ccc(C)c(N2C(=O)c3ccc(C(=O)N[C@H]4CCCC[C@H]4C)cc3C2=O)c1. The van der Waals surface area contributed by atoms with Crippen LogP contribution in [-0.2, 0) is 0 Å². The van der Waals surface area contributed by atoms with Gasteiger partial charge in [0.25, 0.3) is 17.7 Å². The van der Waals surface area contributed by atoms with Gasteiger partial charge in [-0.3, -0.25) is 14.4 Å². The lowest BCUT2D eigenvalue weighted by atomic mass is 9.86. The second-order valence-electron chi connectivity index (χ2n) is 8.34. The van der Waals surface area contributed by atoms with Gasteiger partial charge < -0.3 is 5.32 Å². The van der Waals surface area contributed by atoms with Gasteiger partial charge in [-0.05, 0) is 68.0 Å². The van der Waals surface area contributed by atoms with Crippen molar-refractivity contribution in [3.63, 3.8) is 0 Å². The van der Waals surface area contributed by atoms with Crippen LogP contribution in [0.4, 0.5) is 5.69 Å². The second-order valence-corrected chi connectivity index (χ2v) is 8.34. The Morgan fingerprint density at radius 2 is 1.69 bits per heavy atom. The number of nitrogens with one attached hydrogen (secondary N) is 1. The maximum atomic E-state index is 13.1. The Morgan fingerprint density at radius 1 is 0.966 bits per heavy atom. The molecule has 150 valence electrons. The summed E-state index contributed by atoms with van der Waals surface area (Å²) in [5.41, 5.74) is 3.49. The van der Waals surface area contributed by atoms with Crippen molar-refractivity contribution in [3.8, 4) is 0 Å². The van der Waals surface area contributed by atoms with E-state index in [1.54, 1.807) is 18.2 Å². The lowest BCUT2D eigenvalue weighted by Crippen LogP contribution is -2.41. The molecule has 2 aromatic carbocycles. The average Bonchev–Trinajstić information content (AvgIpc) is 2.95. The summed E-state index contributed by atoms with van der Waals surface area (Å²) >= 11 is 0. The summed E-state index contributed by atoms with van der Waals surface area (Å²) in [6, 6.07) is 10.6. The molecule has 2 aromatic rings. The molecule has 2 aliphatic rings. The van der Waals surface area contributed by atoms with Crippen LogP contribution in [0.3, 0.4) is 0 Å². The molecule has 0 spiro atoms. The van der Waals surface area contributed by atoms with Crippen LogP contribution in [0.1, 0.15) is 74.8 Å². The number of aryl methyl sites for hydroxylation is 2. The van der Waals surface area contributed by atoms with Crippen molar-refractivity contribution in [3.05, 3.63) is 64.2 Å². The summed E-state index contributed by atoms with van der Waals surface area (Å²) < 4.78 is 0. The van der Waals surface area contributed by atoms with E-state index < -0.39 is 0 Å². The summed E-state index contributed by atoms with van der Waals surface area (Å²) in [6.45, 7) is 5.97. The summed E-state index contributed by atoms with van der Waals surface area (Å²) in [7, 11) is 0. The van der Waals surface area contributed by atoms with Gasteiger partial charge in [-0.1, -0.05) is 31.9 Å². The predicted octanol–water partition coefficient (Wildman–Crippen LogP) is 4.41. The Bertz CT molecular complexity index is 1010. The van der Waals surface area contributed by atoms with Crippen molar-refractivity contribution in [1.82, 2.24) is 5.32 Å². The molecule has 5 nitrogen and oxygen atoms in total. The van der Waals surface area contributed by atoms with Crippen LogP contribution >= 0.6 is 0 Å². The normalized spacial score (nSPS) is 21.3. The smallest absolute Gasteiger partial charge is 0.266 e. The monoisotopic (exact) mass is 390 g/mol. The zero-order valence-electron chi connectivity index (χ0n) is 17.1. The van der Waals surface area contributed by atoms with Crippen LogP contribution in [0, 0.1) is 19.8 Å². The van der Waals surface area contributed by atoms with Gasteiger partial charge in [-0.25, -0.2) is 4.90 Å². The number of carbonyl (C=O) groups is 3. The number of rotatable bonds is 3. The molecule has 1 aliphatic heterocycles. The number of amides is 3. The Balaban J connectivity index is 1.61. The fourth-order valence-electron chi connectivity index (χ4n) is 4.34. The van der Waals surface area contributed by atoms with Crippen LogP contribution in [-0.4, -0.2) is 23.8 Å². The van der Waals surface area contributed by atoms with Crippen molar-refractivity contribution < 1.29 is 14.4 Å². The molecule has 5 heteroatoms. The highest BCUT2D eigenvalue weighted by Crippen LogP contribution is 2.32. The second kappa shape index (κ2) is 7.47. The third kappa shape index (κ3) is 3.46. The first kappa shape index (κ1) is 19.4. The minimum absolute atomic E-state index is 0.160. The number of hydrogen-bond donors (Lipinski definition) is 1. The predicted molar refractivity (Wildman–Crippen MR) is 112 cm³/mol. The summed E-state index contributed by atoms with van der Waals surface area (Å²) in [6.07, 6.45) is 4.43. The highest BCUT2D eigenvalue weighted by Gasteiger charge is 2.38. The van der Waals surface area contributed by atoms with Crippen molar-refractivity contribution in [1.29, 1.82) is 0 Å². The molecule has 0 radical (unpaired) electrons. The number of carbonyl (C=O) groups excluding carboxylic acids is 3. The van der Waals surface area contributed by atoms with Gasteiger partial charge >= 0.3 is 0 Å². The molecule has 1 saturated carbocycles. The Labute approximate surface area is 171 Å². The molecular formula is C24H26N2O3. The van der Waals surface area contributed by atoms with Crippen molar-refractivity contribution in [2.75, 3.05) is 4.90 Å². The lowest BCUT2D eigenvalue weighted by molar-refractivity contribution is 0.0906. The van der Waals surface area contributed by atoms with Crippen molar-refractivity contribution in [2.24, 2.45) is 5.92 Å². The van der Waals surface area contributed by atoms with Gasteiger partial charge in [0.1, 0.15) is 0 Å². The molecule has 1 fully saturated rings. The van der Waals surface area contributed by atoms with Crippen LogP contribution in [0.15, 0.2) is 36.4 Å². The van der Waals surface area contributed by atoms with Crippen molar-refractivity contribution in [2.45, 2.75) is 52.5 Å². The molecule has 29 heavy (non-hydrogen) atoms. The highest BCUT2D eigenvalue weighted by atomic mass is 16.2. The van der Waals surface area contributed by atoms with E-state index in [1.807, 2.05) is 32.0 Å². The summed E-state index contributed by atoms with van der Waals surface area (Å²) in [4.78, 5) is 40.0. The lowest BCUT2D eigenvalue weighted by Gasteiger charge is -2.29. The quantitative estimate of drug-likeness (QED) is 0.790. The van der Waals surface area contributed by atoms with Gasteiger partial charge in [0.2, 0.25) is 0 Å². The number of hydrogen-bond acceptors (Lipinski definition) is 3. The molecule has 0 unspecified atom stereocenters. The maximum absolute atomic E-state index is 13.1. The van der Waals surface area contributed by atoms with E-state index in [0.29, 0.717) is 28.3 Å². The van der Waals surface area contributed by atoms with Gasteiger partial charge in [-0.15, -0.1) is 0 Å². The first-order valence-corrected chi connectivity index (χ1v) is 10.3. The van der Waals surface area contributed by atoms with E-state index in [4.69, 9.17) is 0 Å². The van der Waals surface area contributed by atoms with Crippen molar-refractivity contribution >= 4 is 23.4 Å². The third-order valence-electron chi connectivity index (χ3n) is 6.18. The maximum Gasteiger partial charge on any atom is 0.266 e. The Kier molecular flexibility index (Phi) is 4.99. The van der Waals surface area contributed by atoms with E-state index in [9.17, 15) is 14.4 Å². The fourth-order valence-corrected chi connectivity index (χ4v) is 4.34. The van der Waals surface area contributed by atoms with Gasteiger partial charge in [0, 0.05) is 11.6 Å². The molecule has 3 amide bonds. The summed E-state index contributed by atoms with van der Waals surface area (Å²) in [5.74, 6) is -0.451. The molecule has 0 saturated heterocycles. The molecule has 0 bridgehead atoms. The Hall–Kier alpha value is -2.95. The molecule has 0 aromatic heterocycles. The molecular weight excluding hydrogens is 364 g/mol. The van der Waals surface area contributed by atoms with E-state index >= 15 is 0 Å². The number of imide groups is 1. The minimum Gasteiger partial charge on any atom is -0.349 e.